The molecule has 18 nitrogen and oxygen atoms in total. The maximum absolute atomic E-state index is 13.9. The molecule has 19 rings (SSSR count). The first-order chi connectivity index (χ1) is 48.2. The zero-order valence-electron chi connectivity index (χ0n) is 55.6. The molecule has 102 heavy (non-hydrogen) atoms. The van der Waals surface area contributed by atoms with Crippen molar-refractivity contribution in [2.24, 2.45) is 22.7 Å². The number of H-pyrrole nitrogens is 3. The number of carboxylic acid groups (broad SMARTS) is 3. The predicted octanol–water partition coefficient (Wildman–Crippen LogP) is 16.8. The number of nitrogens with one attached hydrogen (secondary N) is 3. The van der Waals surface area contributed by atoms with E-state index < -0.39 is 23.3 Å². The van der Waals surface area contributed by atoms with Crippen LogP contribution in [-0.2, 0) is 35.0 Å². The number of carboxylic acids is 3. The molecule has 0 radical (unpaired) electrons. The summed E-state index contributed by atoms with van der Waals surface area (Å²) in [6.45, 7) is 4.28. The van der Waals surface area contributed by atoms with Crippen LogP contribution in [0.2, 0.25) is 0 Å². The first-order valence-corrected chi connectivity index (χ1v) is 34.9. The number of hydrogen-bond acceptors (Lipinski definition) is 9. The van der Waals surface area contributed by atoms with Crippen molar-refractivity contribution in [3.05, 3.63) is 179 Å². The average molecular weight is 1420 g/mol. The lowest BCUT2D eigenvalue weighted by atomic mass is 9.47. The van der Waals surface area contributed by atoms with Gasteiger partial charge in [0.2, 0.25) is 0 Å². The summed E-state index contributed by atoms with van der Waals surface area (Å²) in [5, 5.41) is 57.2. The number of aromatic amines is 3. The molecule has 0 amide bonds. The number of halogens is 3. The van der Waals surface area contributed by atoms with E-state index in [1.165, 1.54) is 64.3 Å². The van der Waals surface area contributed by atoms with Crippen LogP contribution in [-0.4, -0.2) is 117 Å². The Bertz CT molecular complexity index is 5100. The SMILES string of the molecule is C.O=C(O)C1(Cc2c(C3CCOCC3)n(-c3ccc(F)cc3)c3cc4cn[nH]c4cc23)CC1.O=C(O)C1CC(c2c(C3CCOCC3)n(-c3ccc(F)cc3)c3cc4cn[nH]c4cc23)C1.O=C(O)C1CC2(C1)CC(c1c(C3CCOCC3)n(-c3ccc(F)cc3)c3cc4cn[nH]c4cc13)C2.S.S. The van der Waals surface area contributed by atoms with E-state index >= 15 is 0 Å². The molecule has 6 aromatic heterocycles. The van der Waals surface area contributed by atoms with Gasteiger partial charge in [-0.2, -0.15) is 42.3 Å². The van der Waals surface area contributed by atoms with Crippen molar-refractivity contribution in [1.82, 2.24) is 44.3 Å². The molecule has 0 unspecified atom stereocenters. The summed E-state index contributed by atoms with van der Waals surface area (Å²) in [6, 6.07) is 32.9. The topological polar surface area (TPSA) is 240 Å². The Hall–Kier alpha value is -8.87. The lowest BCUT2D eigenvalue weighted by Gasteiger charge is -2.57. The minimum absolute atomic E-state index is 0. The van der Waals surface area contributed by atoms with E-state index in [0.717, 1.165) is 166 Å². The molecule has 4 aliphatic carbocycles. The van der Waals surface area contributed by atoms with Gasteiger partial charge in [0.25, 0.3) is 0 Å². The number of aromatic nitrogens is 9. The molecule has 3 saturated heterocycles. The van der Waals surface area contributed by atoms with Gasteiger partial charge >= 0.3 is 17.9 Å². The third-order valence-corrected chi connectivity index (χ3v) is 23.2. The van der Waals surface area contributed by atoms with Crippen molar-refractivity contribution in [3.63, 3.8) is 0 Å². The van der Waals surface area contributed by atoms with E-state index in [9.17, 15) is 42.9 Å². The summed E-state index contributed by atoms with van der Waals surface area (Å²) in [7, 11) is 0. The predicted molar refractivity (Wildman–Crippen MR) is 395 cm³/mol. The minimum atomic E-state index is -0.722. The van der Waals surface area contributed by atoms with Crippen LogP contribution < -0.4 is 0 Å². The van der Waals surface area contributed by atoms with Crippen molar-refractivity contribution in [2.75, 3.05) is 39.6 Å². The zero-order chi connectivity index (χ0) is 67.4. The highest BCUT2D eigenvalue weighted by Crippen LogP contribution is 2.66. The average Bonchev–Trinajstić information content (AvgIpc) is 1.54. The van der Waals surface area contributed by atoms with E-state index in [4.69, 9.17) is 14.2 Å². The Balaban J connectivity index is 0.000000128. The first-order valence-electron chi connectivity index (χ1n) is 34.9. The molecule has 23 heteroatoms. The number of aliphatic carboxylic acids is 3. The van der Waals surface area contributed by atoms with Crippen LogP contribution in [0.25, 0.3) is 82.5 Å². The fourth-order valence-corrected chi connectivity index (χ4v) is 17.8. The Labute approximate surface area is 600 Å². The number of fused-ring (bicyclic) bond motifs is 6. The summed E-state index contributed by atoms with van der Waals surface area (Å²) < 4.78 is 65.2. The second-order valence-electron chi connectivity index (χ2n) is 29.1. The molecular weight excluding hydrogens is 1340 g/mol. The van der Waals surface area contributed by atoms with Crippen molar-refractivity contribution >= 4 is 110 Å². The Morgan fingerprint density at radius 3 is 1.19 bits per heavy atom. The van der Waals surface area contributed by atoms with E-state index in [-0.39, 0.29) is 81.0 Å². The van der Waals surface area contributed by atoms with Crippen LogP contribution >= 0.6 is 27.0 Å². The fourth-order valence-electron chi connectivity index (χ4n) is 17.8. The summed E-state index contributed by atoms with van der Waals surface area (Å²) >= 11 is 0. The lowest BCUT2D eigenvalue weighted by Crippen LogP contribution is -2.49. The Morgan fingerprint density at radius 2 is 0.814 bits per heavy atom. The summed E-state index contributed by atoms with van der Waals surface area (Å²) in [6.07, 6.45) is 17.8. The Morgan fingerprint density at radius 1 is 0.461 bits per heavy atom. The molecule has 6 aromatic carbocycles. The van der Waals surface area contributed by atoms with Gasteiger partial charge in [-0.15, -0.1) is 0 Å². The van der Waals surface area contributed by atoms with Crippen molar-refractivity contribution < 1.29 is 57.1 Å². The number of ether oxygens (including phenoxy) is 3. The minimum Gasteiger partial charge on any atom is -0.481 e. The maximum Gasteiger partial charge on any atom is 0.309 e. The number of rotatable bonds is 13. The van der Waals surface area contributed by atoms with Crippen LogP contribution in [0.4, 0.5) is 13.2 Å². The Kier molecular flexibility index (Phi) is 19.3. The van der Waals surface area contributed by atoms with E-state index in [2.05, 4.69) is 80.7 Å². The molecule has 7 aliphatic rings. The van der Waals surface area contributed by atoms with Gasteiger partial charge in [-0.25, -0.2) is 13.2 Å². The number of hydrogen-bond donors (Lipinski definition) is 6. The van der Waals surface area contributed by atoms with Crippen molar-refractivity contribution in [2.45, 2.75) is 133 Å². The quantitative estimate of drug-likeness (QED) is 0.0632. The zero-order valence-corrected chi connectivity index (χ0v) is 57.6. The normalized spacial score (nSPS) is 21.8. The molecule has 9 heterocycles. The third-order valence-electron chi connectivity index (χ3n) is 23.2. The van der Waals surface area contributed by atoms with Gasteiger partial charge in [-0.3, -0.25) is 29.7 Å². The van der Waals surface area contributed by atoms with E-state index in [1.807, 2.05) is 36.7 Å². The lowest BCUT2D eigenvalue weighted by molar-refractivity contribution is -0.155. The van der Waals surface area contributed by atoms with Crippen LogP contribution in [0, 0.1) is 40.1 Å². The van der Waals surface area contributed by atoms with Gasteiger partial charge in [0, 0.05) is 124 Å². The van der Waals surface area contributed by atoms with Crippen LogP contribution in [0.15, 0.2) is 128 Å². The highest BCUT2D eigenvalue weighted by Gasteiger charge is 2.56. The summed E-state index contributed by atoms with van der Waals surface area (Å²) in [5.74, 6) is -1.86. The third kappa shape index (κ3) is 12.5. The molecule has 7 fully saturated rings. The second-order valence-corrected chi connectivity index (χ2v) is 29.1. The number of benzene rings is 6. The highest BCUT2D eigenvalue weighted by molar-refractivity contribution is 7.59. The number of carbonyl (C=O) groups is 3. The van der Waals surface area contributed by atoms with Gasteiger partial charge < -0.3 is 43.2 Å². The van der Waals surface area contributed by atoms with Crippen LogP contribution in [0.3, 0.4) is 0 Å². The van der Waals surface area contributed by atoms with E-state index in [0.29, 0.717) is 76.3 Å². The molecule has 12 aromatic rings. The molecule has 0 atom stereocenters. The largest absolute Gasteiger partial charge is 0.481 e. The van der Waals surface area contributed by atoms with Crippen LogP contribution in [0.1, 0.15) is 161 Å². The fraction of sp³-hybridized carbons (Fsp3) is 0.392. The van der Waals surface area contributed by atoms with Gasteiger partial charge in [-0.05, 0) is 239 Å². The molecule has 6 N–H and O–H groups in total. The van der Waals surface area contributed by atoms with Gasteiger partial charge in [0.05, 0.1) is 68.9 Å². The monoisotopic (exact) mass is 1420 g/mol. The van der Waals surface area contributed by atoms with Crippen molar-refractivity contribution in [1.29, 1.82) is 0 Å². The molecular formula is C79H84F3N9O9S2. The standard InChI is InChI=1S/C28H28FN3O3.2C25H24FN3O3.CH4.2H2S/c29-20-1-3-21(4-2-20)32-24-9-17-15-30-31-23(17)10-22(24)25(26(32)16-5-7-35-8-6-16)18-11-28(12-18)13-19(14-28)27(33)34;26-17-1-3-18(4-2-17)29-22-11-16-14-27-28-21(16)12-19(22)20(13-25(7-8-25)24(30)31)23(29)15-5-9-32-10-6-15;26-18-1-3-19(4-2-18)29-22-11-17-13-27-28-21(17)12-20(22)23(15-9-16(10-15)25(30)31)24(29)14-5-7-32-8-6-14;;;/h1-4,9-10,15-16,18-19H,5-8,11-14H2,(H,30,31)(H,33,34);1-4,11-12,14-15H,5-10,13H2,(H,27,28)(H,30,31);1-4,11-16H,5-10H2,(H,27,28)(H,30,31);1H4;2*1H2. The highest BCUT2D eigenvalue weighted by atomic mass is 32.1. The molecule has 1 spiro atoms. The molecule has 532 valence electrons. The molecule has 4 saturated carbocycles. The number of nitrogens with zero attached hydrogens (tertiary/aromatic N) is 6. The second kappa shape index (κ2) is 28.1. The molecule has 3 aliphatic heterocycles. The van der Waals surface area contributed by atoms with Crippen molar-refractivity contribution in [3.8, 4) is 17.1 Å². The maximum atomic E-state index is 13.9. The van der Waals surface area contributed by atoms with E-state index in [1.54, 1.807) is 18.3 Å². The van der Waals surface area contributed by atoms with Gasteiger partial charge in [0.1, 0.15) is 17.5 Å². The summed E-state index contributed by atoms with van der Waals surface area (Å²) in [4.78, 5) is 35.1. The van der Waals surface area contributed by atoms with Crippen LogP contribution in [0.5, 0.6) is 0 Å². The molecule has 0 bridgehead atoms. The summed E-state index contributed by atoms with van der Waals surface area (Å²) in [5.41, 5.74) is 15.8. The van der Waals surface area contributed by atoms with Gasteiger partial charge in [0.15, 0.2) is 0 Å². The van der Waals surface area contributed by atoms with Gasteiger partial charge in [-0.1, -0.05) is 7.43 Å². The smallest absolute Gasteiger partial charge is 0.309 e. The first kappa shape index (κ1) is 70.2.